The predicted molar refractivity (Wildman–Crippen MR) is 73.0 cm³/mol. The molecule has 18 heavy (non-hydrogen) atoms. The van der Waals surface area contributed by atoms with Gasteiger partial charge in [0, 0.05) is 11.1 Å². The highest BCUT2D eigenvalue weighted by Crippen LogP contribution is 2.28. The van der Waals surface area contributed by atoms with Crippen LogP contribution in [-0.4, -0.2) is 18.1 Å². The summed E-state index contributed by atoms with van der Waals surface area (Å²) in [6.45, 7) is 12.4. The SMILES string of the molecule is COC(=O)c1nc(C(C)(C)C)ccc1C(C)(C)C. The van der Waals surface area contributed by atoms with Crippen molar-refractivity contribution in [2.24, 2.45) is 0 Å². The van der Waals surface area contributed by atoms with Gasteiger partial charge < -0.3 is 4.74 Å². The van der Waals surface area contributed by atoms with Crippen molar-refractivity contribution in [3.8, 4) is 0 Å². The van der Waals surface area contributed by atoms with Crippen LogP contribution in [0.1, 0.15) is 63.3 Å². The minimum absolute atomic E-state index is 0.0841. The number of carbonyl (C=O) groups excluding carboxylic acids is 1. The van der Waals surface area contributed by atoms with E-state index in [9.17, 15) is 4.79 Å². The van der Waals surface area contributed by atoms with Crippen LogP contribution in [0.5, 0.6) is 0 Å². The Hall–Kier alpha value is -1.38. The van der Waals surface area contributed by atoms with Crippen molar-refractivity contribution >= 4 is 5.97 Å². The van der Waals surface area contributed by atoms with Gasteiger partial charge in [-0.1, -0.05) is 47.6 Å². The van der Waals surface area contributed by atoms with Gasteiger partial charge in [-0.2, -0.15) is 0 Å². The number of methoxy groups -OCH3 is 1. The summed E-state index contributed by atoms with van der Waals surface area (Å²) in [4.78, 5) is 16.4. The molecule has 1 aromatic rings. The number of hydrogen-bond donors (Lipinski definition) is 0. The zero-order valence-electron chi connectivity index (χ0n) is 12.4. The van der Waals surface area contributed by atoms with Crippen LogP contribution in [0.15, 0.2) is 12.1 Å². The average molecular weight is 249 g/mol. The summed E-state index contributed by atoms with van der Waals surface area (Å²) in [5, 5.41) is 0. The summed E-state index contributed by atoms with van der Waals surface area (Å²) in [5.41, 5.74) is 2.03. The monoisotopic (exact) mass is 249 g/mol. The van der Waals surface area contributed by atoms with Gasteiger partial charge in [-0.3, -0.25) is 0 Å². The third kappa shape index (κ3) is 3.09. The van der Waals surface area contributed by atoms with Crippen LogP contribution in [-0.2, 0) is 15.6 Å². The van der Waals surface area contributed by atoms with Crippen molar-refractivity contribution in [2.75, 3.05) is 7.11 Å². The minimum atomic E-state index is -0.369. The summed E-state index contributed by atoms with van der Waals surface area (Å²) < 4.78 is 4.84. The van der Waals surface area contributed by atoms with Gasteiger partial charge in [-0.25, -0.2) is 9.78 Å². The molecule has 0 radical (unpaired) electrons. The van der Waals surface area contributed by atoms with Crippen molar-refractivity contribution in [3.63, 3.8) is 0 Å². The van der Waals surface area contributed by atoms with E-state index < -0.39 is 0 Å². The zero-order valence-corrected chi connectivity index (χ0v) is 12.4. The number of carbonyl (C=O) groups is 1. The largest absolute Gasteiger partial charge is 0.464 e. The molecule has 0 aliphatic rings. The number of nitrogens with zero attached hydrogens (tertiary/aromatic N) is 1. The van der Waals surface area contributed by atoms with Gasteiger partial charge in [0.05, 0.1) is 7.11 Å². The fraction of sp³-hybridized carbons (Fsp3) is 0.600. The maximum atomic E-state index is 11.9. The van der Waals surface area contributed by atoms with E-state index in [0.29, 0.717) is 5.69 Å². The number of ether oxygens (including phenoxy) is 1. The summed E-state index contributed by atoms with van der Waals surface area (Å²) in [6, 6.07) is 3.98. The molecule has 0 bridgehead atoms. The fourth-order valence-corrected chi connectivity index (χ4v) is 1.73. The van der Waals surface area contributed by atoms with Crippen LogP contribution >= 0.6 is 0 Å². The summed E-state index contributed by atoms with van der Waals surface area (Å²) in [6.07, 6.45) is 0. The summed E-state index contributed by atoms with van der Waals surface area (Å²) >= 11 is 0. The van der Waals surface area contributed by atoms with Gasteiger partial charge in [0.25, 0.3) is 0 Å². The zero-order chi connectivity index (χ0) is 14.1. The Labute approximate surface area is 110 Å². The van der Waals surface area contributed by atoms with E-state index in [1.54, 1.807) is 0 Å². The van der Waals surface area contributed by atoms with E-state index in [-0.39, 0.29) is 16.8 Å². The van der Waals surface area contributed by atoms with Crippen LogP contribution in [0.25, 0.3) is 0 Å². The molecule has 0 aliphatic carbocycles. The second-order valence-corrected chi connectivity index (χ2v) is 6.58. The van der Waals surface area contributed by atoms with Crippen LogP contribution < -0.4 is 0 Å². The second-order valence-electron chi connectivity index (χ2n) is 6.58. The first-order valence-electron chi connectivity index (χ1n) is 6.17. The third-order valence-electron chi connectivity index (χ3n) is 2.85. The highest BCUT2D eigenvalue weighted by molar-refractivity contribution is 5.89. The molecule has 100 valence electrons. The molecule has 0 atom stereocenters. The lowest BCUT2D eigenvalue weighted by molar-refractivity contribution is 0.0590. The number of hydrogen-bond acceptors (Lipinski definition) is 3. The van der Waals surface area contributed by atoms with Gasteiger partial charge in [0.15, 0.2) is 5.69 Å². The van der Waals surface area contributed by atoms with E-state index in [1.807, 2.05) is 12.1 Å². The minimum Gasteiger partial charge on any atom is -0.464 e. The van der Waals surface area contributed by atoms with E-state index in [4.69, 9.17) is 4.74 Å². The molecule has 0 amide bonds. The standard InChI is InChI=1S/C15H23NO2/c1-14(2,3)10-8-9-11(15(4,5)6)16-12(10)13(17)18-7/h8-9H,1-7H3. The van der Waals surface area contributed by atoms with Crippen molar-refractivity contribution < 1.29 is 9.53 Å². The Morgan fingerprint density at radius 2 is 1.61 bits per heavy atom. The molecule has 0 unspecified atom stereocenters. The van der Waals surface area contributed by atoms with E-state index in [1.165, 1.54) is 7.11 Å². The smallest absolute Gasteiger partial charge is 0.356 e. The molecule has 0 aromatic carbocycles. The first kappa shape index (κ1) is 14.7. The summed E-state index contributed by atoms with van der Waals surface area (Å²) in [5.74, 6) is -0.369. The molecule has 0 aliphatic heterocycles. The van der Waals surface area contributed by atoms with E-state index in [2.05, 4.69) is 46.5 Å². The van der Waals surface area contributed by atoms with Crippen LogP contribution in [0.2, 0.25) is 0 Å². The van der Waals surface area contributed by atoms with Gasteiger partial charge in [0.1, 0.15) is 0 Å². The molecule has 0 fully saturated rings. The number of aromatic nitrogens is 1. The van der Waals surface area contributed by atoms with Crippen LogP contribution in [0.4, 0.5) is 0 Å². The Kier molecular flexibility index (Phi) is 3.84. The molecule has 0 saturated carbocycles. The highest BCUT2D eigenvalue weighted by Gasteiger charge is 2.26. The Morgan fingerprint density at radius 3 is 2.00 bits per heavy atom. The molecular formula is C15H23NO2. The van der Waals surface area contributed by atoms with Crippen LogP contribution in [0, 0.1) is 0 Å². The van der Waals surface area contributed by atoms with E-state index in [0.717, 1.165) is 11.3 Å². The topological polar surface area (TPSA) is 39.2 Å². The van der Waals surface area contributed by atoms with Gasteiger partial charge in [-0.05, 0) is 17.0 Å². The first-order valence-corrected chi connectivity index (χ1v) is 6.17. The van der Waals surface area contributed by atoms with Crippen molar-refractivity contribution in [1.29, 1.82) is 0 Å². The van der Waals surface area contributed by atoms with Gasteiger partial charge in [-0.15, -0.1) is 0 Å². The molecule has 3 heteroatoms. The van der Waals surface area contributed by atoms with Crippen molar-refractivity contribution in [2.45, 2.75) is 52.4 Å². The Bertz CT molecular complexity index is 451. The first-order chi connectivity index (χ1) is 8.07. The molecule has 3 nitrogen and oxygen atoms in total. The number of rotatable bonds is 1. The normalized spacial score (nSPS) is 12.4. The predicted octanol–water partition coefficient (Wildman–Crippen LogP) is 3.46. The molecule has 1 aromatic heterocycles. The lowest BCUT2D eigenvalue weighted by atomic mass is 9.84. The lowest BCUT2D eigenvalue weighted by Crippen LogP contribution is -2.23. The maximum Gasteiger partial charge on any atom is 0.356 e. The van der Waals surface area contributed by atoms with Crippen LogP contribution in [0.3, 0.4) is 0 Å². The Balaban J connectivity index is 3.44. The molecule has 0 spiro atoms. The molecule has 1 rings (SSSR count). The van der Waals surface area contributed by atoms with E-state index >= 15 is 0 Å². The van der Waals surface area contributed by atoms with Gasteiger partial charge in [0.2, 0.25) is 0 Å². The Morgan fingerprint density at radius 1 is 1.06 bits per heavy atom. The van der Waals surface area contributed by atoms with Gasteiger partial charge >= 0.3 is 5.97 Å². The average Bonchev–Trinajstić information content (AvgIpc) is 2.24. The number of pyridine rings is 1. The van der Waals surface area contributed by atoms with Crippen molar-refractivity contribution in [1.82, 2.24) is 4.98 Å². The second kappa shape index (κ2) is 4.71. The lowest BCUT2D eigenvalue weighted by Gasteiger charge is -2.24. The fourth-order valence-electron chi connectivity index (χ4n) is 1.73. The highest BCUT2D eigenvalue weighted by atomic mass is 16.5. The molecule has 1 heterocycles. The molecule has 0 saturated heterocycles. The maximum absolute atomic E-state index is 11.9. The van der Waals surface area contributed by atoms with Crippen molar-refractivity contribution in [3.05, 3.63) is 29.1 Å². The molecule has 0 N–H and O–H groups in total. The molecular weight excluding hydrogens is 226 g/mol. The summed E-state index contributed by atoms with van der Waals surface area (Å²) in [7, 11) is 1.39. The quantitative estimate of drug-likeness (QED) is 0.715. The third-order valence-corrected chi connectivity index (χ3v) is 2.85. The number of esters is 1.